The van der Waals surface area contributed by atoms with Gasteiger partial charge in [-0.3, -0.25) is 0 Å². The van der Waals surface area contributed by atoms with E-state index in [1.54, 1.807) is 16.8 Å². The summed E-state index contributed by atoms with van der Waals surface area (Å²) in [7, 11) is 0. The van der Waals surface area contributed by atoms with E-state index >= 15 is 0 Å². The number of aromatic nitrogens is 3. The lowest BCUT2D eigenvalue weighted by Crippen LogP contribution is -2.34. The molecule has 1 saturated carbocycles. The van der Waals surface area contributed by atoms with Gasteiger partial charge in [-0.1, -0.05) is 11.6 Å². The van der Waals surface area contributed by atoms with Crippen LogP contribution in [0.5, 0.6) is 5.75 Å². The second-order valence-electron chi connectivity index (χ2n) is 7.74. The number of nitrogens with zero attached hydrogens (tertiary/aromatic N) is 3. The van der Waals surface area contributed by atoms with Crippen molar-refractivity contribution in [1.82, 2.24) is 19.9 Å². The molecule has 0 aliphatic heterocycles. The van der Waals surface area contributed by atoms with E-state index in [4.69, 9.17) is 21.4 Å². The number of amides is 1. The van der Waals surface area contributed by atoms with Crippen molar-refractivity contribution in [3.63, 3.8) is 0 Å². The van der Waals surface area contributed by atoms with Crippen molar-refractivity contribution in [2.24, 2.45) is 0 Å². The lowest BCUT2D eigenvalue weighted by Gasteiger charge is -2.22. The minimum absolute atomic E-state index is 0.238. The number of halogens is 1. The van der Waals surface area contributed by atoms with Gasteiger partial charge < -0.3 is 35.0 Å². The topological polar surface area (TPSA) is 150 Å². The van der Waals surface area contributed by atoms with Crippen molar-refractivity contribution in [2.75, 3.05) is 6.54 Å². The smallest absolute Gasteiger partial charge is 0.404 e. The maximum absolute atomic E-state index is 10.8. The normalized spacial score (nSPS) is 23.9. The minimum atomic E-state index is -1.27. The molecule has 5 N–H and O–H groups in total. The van der Waals surface area contributed by atoms with E-state index in [9.17, 15) is 20.1 Å². The molecule has 4 rings (SSSR count). The molecule has 5 atom stereocenters. The monoisotopic (exact) mass is 462 g/mol. The summed E-state index contributed by atoms with van der Waals surface area (Å²) in [4.78, 5) is 19.2. The largest absolute Gasteiger partial charge is 0.487 e. The summed E-state index contributed by atoms with van der Waals surface area (Å²) in [5.74, 6) is 0.238. The molecule has 1 aliphatic rings. The summed E-state index contributed by atoms with van der Waals surface area (Å²) in [6, 6.07) is 5.94. The molecule has 2 heterocycles. The van der Waals surface area contributed by atoms with Gasteiger partial charge in [-0.25, -0.2) is 14.8 Å². The van der Waals surface area contributed by atoms with Crippen LogP contribution in [0.25, 0.3) is 11.0 Å². The molecule has 2 aromatic heterocycles. The number of fused-ring (bicyclic) bond motifs is 1. The first-order valence-corrected chi connectivity index (χ1v) is 10.4. The van der Waals surface area contributed by atoms with Crippen LogP contribution in [0.1, 0.15) is 29.8 Å². The molecule has 1 aliphatic carbocycles. The zero-order valence-electron chi connectivity index (χ0n) is 17.1. The Balaban J connectivity index is 1.58. The van der Waals surface area contributed by atoms with Crippen LogP contribution < -0.4 is 10.1 Å². The average molecular weight is 463 g/mol. The van der Waals surface area contributed by atoms with E-state index in [-0.39, 0.29) is 24.3 Å². The van der Waals surface area contributed by atoms with E-state index in [1.807, 2.05) is 13.0 Å². The molecule has 32 heavy (non-hydrogen) atoms. The van der Waals surface area contributed by atoms with Crippen LogP contribution in [0.3, 0.4) is 0 Å². The summed E-state index contributed by atoms with van der Waals surface area (Å²) in [6.45, 7) is 1.60. The quantitative estimate of drug-likeness (QED) is 0.372. The van der Waals surface area contributed by atoms with Crippen LogP contribution in [0, 0.1) is 6.92 Å². The summed E-state index contributed by atoms with van der Waals surface area (Å²) in [6.07, 6.45) is -2.05. The Kier molecular flexibility index (Phi) is 6.20. The van der Waals surface area contributed by atoms with E-state index in [0.717, 1.165) is 11.1 Å². The maximum atomic E-state index is 10.8. The minimum Gasteiger partial charge on any atom is -0.487 e. The standard InChI is InChI=1S/C21H23ClN4O6/c1-10-12-4-5-26(20(12)25-9-24-10)14-7-17(19(29)18(14)28)32-16-3-2-11(22)6-13(16)15(27)8-23-21(30)31/h2-6,9,14-15,17-19,23,27-29H,7-8H2,1H3,(H,30,31)/t14-,15?,17+,18+,19-/m1/s1. The van der Waals surface area contributed by atoms with Crippen LogP contribution >= 0.6 is 11.6 Å². The number of carboxylic acid groups (broad SMARTS) is 1. The second-order valence-corrected chi connectivity index (χ2v) is 8.18. The first-order valence-electron chi connectivity index (χ1n) is 10.0. The molecule has 3 aromatic rings. The highest BCUT2D eigenvalue weighted by Crippen LogP contribution is 2.38. The van der Waals surface area contributed by atoms with Gasteiger partial charge in [-0.05, 0) is 31.2 Å². The number of hydrogen-bond acceptors (Lipinski definition) is 7. The van der Waals surface area contributed by atoms with Gasteiger partial charge in [-0.15, -0.1) is 0 Å². The molecule has 1 aromatic carbocycles. The maximum Gasteiger partial charge on any atom is 0.404 e. The molecule has 0 radical (unpaired) electrons. The van der Waals surface area contributed by atoms with Crippen molar-refractivity contribution in [2.45, 2.75) is 43.8 Å². The summed E-state index contributed by atoms with van der Waals surface area (Å²) in [5, 5.41) is 43.9. The van der Waals surface area contributed by atoms with E-state index in [1.165, 1.54) is 18.5 Å². The van der Waals surface area contributed by atoms with Gasteiger partial charge in [-0.2, -0.15) is 0 Å². The summed E-state index contributed by atoms with van der Waals surface area (Å²) >= 11 is 6.04. The first-order chi connectivity index (χ1) is 15.3. The number of aliphatic hydroxyl groups is 3. The molecule has 1 amide bonds. The predicted octanol–water partition coefficient (Wildman–Crippen LogP) is 1.81. The Hall–Kier alpha value is -2.92. The van der Waals surface area contributed by atoms with Crippen LogP contribution in [0.4, 0.5) is 4.79 Å². The van der Waals surface area contributed by atoms with E-state index in [0.29, 0.717) is 10.7 Å². The third-order valence-electron chi connectivity index (χ3n) is 5.72. The van der Waals surface area contributed by atoms with Crippen LogP contribution in [0.2, 0.25) is 5.02 Å². The highest BCUT2D eigenvalue weighted by atomic mass is 35.5. The average Bonchev–Trinajstić information content (AvgIpc) is 3.30. The lowest BCUT2D eigenvalue weighted by atomic mass is 10.1. The Bertz CT molecular complexity index is 1140. The van der Waals surface area contributed by atoms with Crippen molar-refractivity contribution < 1.29 is 30.0 Å². The number of benzene rings is 1. The van der Waals surface area contributed by atoms with Gasteiger partial charge in [0.1, 0.15) is 42.1 Å². The number of nitrogens with one attached hydrogen (secondary N) is 1. The van der Waals surface area contributed by atoms with Gasteiger partial charge in [0.05, 0.1) is 18.3 Å². The highest BCUT2D eigenvalue weighted by molar-refractivity contribution is 6.30. The van der Waals surface area contributed by atoms with Crippen LogP contribution in [-0.2, 0) is 0 Å². The molecule has 11 heteroatoms. The molecule has 1 unspecified atom stereocenters. The van der Waals surface area contributed by atoms with Crippen LogP contribution in [0.15, 0.2) is 36.8 Å². The van der Waals surface area contributed by atoms with Gasteiger partial charge in [0.15, 0.2) is 0 Å². The number of aryl methyl sites for hydroxylation is 1. The number of hydrogen-bond donors (Lipinski definition) is 5. The highest BCUT2D eigenvalue weighted by Gasteiger charge is 2.44. The Labute approximate surface area is 188 Å². The first kappa shape index (κ1) is 22.3. The van der Waals surface area contributed by atoms with Crippen LogP contribution in [-0.4, -0.2) is 65.9 Å². The number of rotatable bonds is 6. The van der Waals surface area contributed by atoms with E-state index < -0.39 is 36.6 Å². The molecule has 10 nitrogen and oxygen atoms in total. The van der Waals surface area contributed by atoms with Crippen molar-refractivity contribution in [3.05, 3.63) is 53.1 Å². The molecule has 0 bridgehead atoms. The van der Waals surface area contributed by atoms with Gasteiger partial charge in [0.25, 0.3) is 0 Å². The molecule has 0 spiro atoms. The van der Waals surface area contributed by atoms with Crippen molar-refractivity contribution in [3.8, 4) is 5.75 Å². The SMILES string of the molecule is Cc1ncnc2c1ccn2[C@@H]1C[C@H](Oc2ccc(Cl)cc2C(O)CNC(=O)O)[C@@H](O)[C@H]1O. The van der Waals surface area contributed by atoms with E-state index in [2.05, 4.69) is 15.3 Å². The van der Waals surface area contributed by atoms with Gasteiger partial charge in [0, 0.05) is 28.6 Å². The summed E-state index contributed by atoms with van der Waals surface area (Å²) < 4.78 is 7.79. The third-order valence-corrected chi connectivity index (χ3v) is 5.96. The number of ether oxygens (including phenoxy) is 1. The number of carbonyl (C=O) groups is 1. The Morgan fingerprint density at radius 3 is 2.84 bits per heavy atom. The molecule has 1 fully saturated rings. The molecule has 0 saturated heterocycles. The molecule has 170 valence electrons. The number of aliphatic hydroxyl groups excluding tert-OH is 3. The lowest BCUT2D eigenvalue weighted by molar-refractivity contribution is -0.0171. The van der Waals surface area contributed by atoms with Gasteiger partial charge in [0.2, 0.25) is 0 Å². The zero-order valence-corrected chi connectivity index (χ0v) is 17.8. The van der Waals surface area contributed by atoms with Gasteiger partial charge >= 0.3 is 6.09 Å². The second kappa shape index (κ2) is 8.91. The fourth-order valence-electron chi connectivity index (χ4n) is 4.07. The van der Waals surface area contributed by atoms with Crippen molar-refractivity contribution >= 4 is 28.7 Å². The Morgan fingerprint density at radius 2 is 2.09 bits per heavy atom. The Morgan fingerprint density at radius 1 is 1.31 bits per heavy atom. The zero-order chi connectivity index (χ0) is 23.0. The third kappa shape index (κ3) is 4.22. The fraction of sp³-hybridized carbons (Fsp3) is 0.381. The fourth-order valence-corrected chi connectivity index (χ4v) is 4.25. The molecular weight excluding hydrogens is 440 g/mol. The summed E-state index contributed by atoms with van der Waals surface area (Å²) in [5.41, 5.74) is 1.73. The predicted molar refractivity (Wildman–Crippen MR) is 115 cm³/mol. The van der Waals surface area contributed by atoms with Crippen molar-refractivity contribution in [1.29, 1.82) is 0 Å². The molecular formula is C21H23ClN4O6.